The molecule has 1 N–H and O–H groups in total. The van der Waals surface area contributed by atoms with Gasteiger partial charge in [-0.2, -0.15) is 18.3 Å². The van der Waals surface area contributed by atoms with Crippen molar-refractivity contribution in [3.63, 3.8) is 0 Å². The average molecular weight is 501 g/mol. The molecule has 3 aromatic carbocycles. The second kappa shape index (κ2) is 9.74. The molecule has 3 aromatic rings. The van der Waals surface area contributed by atoms with Gasteiger partial charge in [0.15, 0.2) is 0 Å². The summed E-state index contributed by atoms with van der Waals surface area (Å²) in [4.78, 5) is 11.2. The molecule has 0 amide bonds. The first kappa shape index (κ1) is 24.8. The Bertz CT molecular complexity index is 1290. The van der Waals surface area contributed by atoms with Gasteiger partial charge in [0.2, 0.25) is 0 Å². The van der Waals surface area contributed by atoms with E-state index in [-0.39, 0.29) is 0 Å². The Morgan fingerprint density at radius 2 is 1.71 bits per heavy atom. The van der Waals surface area contributed by atoms with Gasteiger partial charge in [0.05, 0.1) is 18.2 Å². The first-order valence-corrected chi connectivity index (χ1v) is 11.5. The molecule has 0 aliphatic carbocycles. The second-order valence-electron chi connectivity index (χ2n) is 8.82. The number of benzene rings is 3. The molecule has 0 radical (unpaired) electrons. The number of aliphatic carboxylic acids is 1. The number of carbonyl (C=O) groups is 1. The summed E-state index contributed by atoms with van der Waals surface area (Å²) < 4.78 is 39.5. The van der Waals surface area contributed by atoms with Crippen LogP contribution in [-0.4, -0.2) is 29.0 Å². The van der Waals surface area contributed by atoms with Crippen molar-refractivity contribution in [2.24, 2.45) is 5.10 Å². The normalized spacial score (nSPS) is 15.9. The lowest BCUT2D eigenvalue weighted by Crippen LogP contribution is -2.29. The number of alkyl halides is 3. The summed E-state index contributed by atoms with van der Waals surface area (Å²) in [6.45, 7) is 4.06. The Labute approximate surface area is 206 Å². The van der Waals surface area contributed by atoms with E-state index in [1.54, 1.807) is 12.1 Å². The topological polar surface area (TPSA) is 52.9 Å². The summed E-state index contributed by atoms with van der Waals surface area (Å²) in [7, 11) is 0. The lowest BCUT2D eigenvalue weighted by molar-refractivity contribution is -0.137. The number of halogens is 4. The predicted octanol–water partition coefficient (Wildman–Crippen LogP) is 7.19. The van der Waals surface area contributed by atoms with Crippen LogP contribution in [0.25, 0.3) is 11.1 Å². The predicted molar refractivity (Wildman–Crippen MR) is 132 cm³/mol. The standard InChI is InChI=1S/C27H24ClF3N2O2/c1-16-3-10-24(28)23(11-16)22-9-6-19(12-17(22)2)13-18-4-7-20(8-5-18)33-21(15-26(34)35)14-25(32-33)27(29,30)31/h3-12,21H,13-15H2,1-2H3,(H,34,35). The van der Waals surface area contributed by atoms with Gasteiger partial charge in [0.25, 0.3) is 0 Å². The number of anilines is 1. The highest BCUT2D eigenvalue weighted by Gasteiger charge is 2.43. The molecule has 0 spiro atoms. The van der Waals surface area contributed by atoms with Gasteiger partial charge in [-0.25, -0.2) is 0 Å². The highest BCUT2D eigenvalue weighted by Crippen LogP contribution is 2.34. The van der Waals surface area contributed by atoms with Crippen LogP contribution >= 0.6 is 11.6 Å². The number of carboxylic acid groups (broad SMARTS) is 1. The van der Waals surface area contributed by atoms with Gasteiger partial charge in [0, 0.05) is 17.0 Å². The first-order valence-electron chi connectivity index (χ1n) is 11.1. The fourth-order valence-electron chi connectivity index (χ4n) is 4.35. The van der Waals surface area contributed by atoms with Gasteiger partial charge in [-0.1, -0.05) is 53.6 Å². The summed E-state index contributed by atoms with van der Waals surface area (Å²) in [5, 5.41) is 14.7. The third-order valence-corrected chi connectivity index (χ3v) is 6.38. The SMILES string of the molecule is Cc1ccc(Cl)c(-c2ccc(Cc3ccc(N4N=C(C(F)(F)F)CC4CC(=O)O)cc3)cc2C)c1. The van der Waals surface area contributed by atoms with E-state index in [9.17, 15) is 18.0 Å². The first-order chi connectivity index (χ1) is 16.5. The second-order valence-corrected chi connectivity index (χ2v) is 9.23. The quantitative estimate of drug-likeness (QED) is 0.390. The maximum Gasteiger partial charge on any atom is 0.431 e. The minimum Gasteiger partial charge on any atom is -0.481 e. The van der Waals surface area contributed by atoms with Crippen molar-refractivity contribution in [1.29, 1.82) is 0 Å². The highest BCUT2D eigenvalue weighted by molar-refractivity contribution is 6.33. The third-order valence-electron chi connectivity index (χ3n) is 6.05. The number of aryl methyl sites for hydroxylation is 2. The molecule has 0 aromatic heterocycles. The summed E-state index contributed by atoms with van der Waals surface area (Å²) in [6.07, 6.45) is -4.83. The molecule has 1 heterocycles. The van der Waals surface area contributed by atoms with Crippen LogP contribution in [0, 0.1) is 13.8 Å². The van der Waals surface area contributed by atoms with Crippen LogP contribution in [0.5, 0.6) is 0 Å². The van der Waals surface area contributed by atoms with Crippen molar-refractivity contribution in [1.82, 2.24) is 0 Å². The van der Waals surface area contributed by atoms with Crippen LogP contribution in [0.15, 0.2) is 65.8 Å². The van der Waals surface area contributed by atoms with Crippen LogP contribution in [0.4, 0.5) is 18.9 Å². The van der Waals surface area contributed by atoms with E-state index in [1.807, 2.05) is 50.2 Å². The van der Waals surface area contributed by atoms with Gasteiger partial charge < -0.3 is 5.11 Å². The highest BCUT2D eigenvalue weighted by atomic mass is 35.5. The molecule has 182 valence electrons. The minimum absolute atomic E-state index is 0.429. The molecule has 4 rings (SSSR count). The van der Waals surface area contributed by atoms with E-state index in [1.165, 1.54) is 5.01 Å². The number of hydrazone groups is 1. The van der Waals surface area contributed by atoms with Gasteiger partial charge in [-0.3, -0.25) is 9.80 Å². The number of carboxylic acids is 1. The van der Waals surface area contributed by atoms with Gasteiger partial charge in [-0.15, -0.1) is 0 Å². The van der Waals surface area contributed by atoms with Gasteiger partial charge in [-0.05, 0) is 66.8 Å². The van der Waals surface area contributed by atoms with E-state index in [2.05, 4.69) is 17.2 Å². The molecular weight excluding hydrogens is 477 g/mol. The Hall–Kier alpha value is -3.32. The molecular formula is C27H24ClF3N2O2. The maximum atomic E-state index is 13.2. The summed E-state index contributed by atoms with van der Waals surface area (Å²) in [5.74, 6) is -1.17. The number of hydrogen-bond donors (Lipinski definition) is 1. The molecule has 8 heteroatoms. The van der Waals surface area contributed by atoms with Gasteiger partial charge in [0.1, 0.15) is 5.71 Å². The molecule has 0 fully saturated rings. The largest absolute Gasteiger partial charge is 0.481 e. The zero-order chi connectivity index (χ0) is 25.3. The van der Waals surface area contributed by atoms with Crippen molar-refractivity contribution in [2.75, 3.05) is 5.01 Å². The monoisotopic (exact) mass is 500 g/mol. The van der Waals surface area contributed by atoms with E-state index >= 15 is 0 Å². The summed E-state index contributed by atoms with van der Waals surface area (Å²) >= 11 is 6.40. The van der Waals surface area contributed by atoms with Crippen LogP contribution < -0.4 is 5.01 Å². The molecule has 1 atom stereocenters. The van der Waals surface area contributed by atoms with Gasteiger partial charge >= 0.3 is 12.1 Å². The van der Waals surface area contributed by atoms with Crippen LogP contribution in [0.1, 0.15) is 35.1 Å². The fraction of sp³-hybridized carbons (Fsp3) is 0.259. The zero-order valence-electron chi connectivity index (χ0n) is 19.2. The fourth-order valence-corrected chi connectivity index (χ4v) is 4.57. The summed E-state index contributed by atoms with van der Waals surface area (Å²) in [6, 6.07) is 18.3. The van der Waals surface area contributed by atoms with Crippen LogP contribution in [0.2, 0.25) is 5.02 Å². The molecule has 4 nitrogen and oxygen atoms in total. The Kier molecular flexibility index (Phi) is 6.90. The molecule has 0 bridgehead atoms. The maximum absolute atomic E-state index is 13.2. The minimum atomic E-state index is -4.59. The Morgan fingerprint density at radius 1 is 1.03 bits per heavy atom. The van der Waals surface area contributed by atoms with E-state index in [0.717, 1.165) is 33.4 Å². The van der Waals surface area contributed by atoms with Crippen molar-refractivity contribution in [3.05, 3.63) is 87.9 Å². The van der Waals surface area contributed by atoms with E-state index in [4.69, 9.17) is 16.7 Å². The molecule has 1 aliphatic rings. The van der Waals surface area contributed by atoms with Crippen molar-refractivity contribution < 1.29 is 23.1 Å². The van der Waals surface area contributed by atoms with E-state index in [0.29, 0.717) is 17.1 Å². The average Bonchev–Trinajstić information content (AvgIpc) is 3.20. The smallest absolute Gasteiger partial charge is 0.431 e. The van der Waals surface area contributed by atoms with Crippen LogP contribution in [0.3, 0.4) is 0 Å². The van der Waals surface area contributed by atoms with Crippen molar-refractivity contribution in [3.8, 4) is 11.1 Å². The number of rotatable bonds is 6. The van der Waals surface area contributed by atoms with Crippen molar-refractivity contribution in [2.45, 2.75) is 45.3 Å². The molecule has 0 saturated heterocycles. The van der Waals surface area contributed by atoms with Crippen LogP contribution in [-0.2, 0) is 11.2 Å². The van der Waals surface area contributed by atoms with E-state index < -0.39 is 36.7 Å². The molecule has 1 aliphatic heterocycles. The lowest BCUT2D eigenvalue weighted by Gasteiger charge is -2.22. The Morgan fingerprint density at radius 3 is 2.34 bits per heavy atom. The number of nitrogens with zero attached hydrogens (tertiary/aromatic N) is 2. The Balaban J connectivity index is 1.53. The van der Waals surface area contributed by atoms with Crippen molar-refractivity contribution >= 4 is 29.0 Å². The molecule has 0 saturated carbocycles. The summed E-state index contributed by atoms with van der Waals surface area (Å²) in [5.41, 5.74) is 5.80. The lowest BCUT2D eigenvalue weighted by atomic mass is 9.95. The number of hydrogen-bond acceptors (Lipinski definition) is 3. The molecule has 35 heavy (non-hydrogen) atoms. The zero-order valence-corrected chi connectivity index (χ0v) is 20.0. The third kappa shape index (κ3) is 5.68. The molecule has 1 unspecified atom stereocenters.